The smallest absolute Gasteiger partial charge is 0.337 e. The minimum atomic E-state index is -3.45. The molecule has 41 heavy (non-hydrogen) atoms. The van der Waals surface area contributed by atoms with Crippen LogP contribution < -0.4 is 14.8 Å². The third-order valence-electron chi connectivity index (χ3n) is 5.05. The number of sulfone groups is 1. The molecule has 1 heterocycles. The fraction of sp³-hybridized carbons (Fsp3) is 0.393. The molecule has 11 nitrogen and oxygen atoms in total. The van der Waals surface area contributed by atoms with Crippen LogP contribution >= 0.6 is 7.60 Å². The number of amides is 1. The van der Waals surface area contributed by atoms with E-state index in [4.69, 9.17) is 18.5 Å². The zero-order valence-corrected chi connectivity index (χ0v) is 25.9. The van der Waals surface area contributed by atoms with Gasteiger partial charge in [0.2, 0.25) is 0 Å². The van der Waals surface area contributed by atoms with E-state index in [-0.39, 0.29) is 40.8 Å². The van der Waals surface area contributed by atoms with Gasteiger partial charge in [-0.15, -0.1) is 0 Å². The highest BCUT2D eigenvalue weighted by Crippen LogP contribution is 2.53. The van der Waals surface area contributed by atoms with Crippen molar-refractivity contribution >= 4 is 29.2 Å². The highest BCUT2D eigenvalue weighted by molar-refractivity contribution is 7.90. The van der Waals surface area contributed by atoms with Gasteiger partial charge in [0, 0.05) is 17.9 Å². The molecule has 0 aliphatic heterocycles. The molecule has 0 bridgehead atoms. The van der Waals surface area contributed by atoms with Crippen LogP contribution in [0.5, 0.6) is 17.2 Å². The summed E-state index contributed by atoms with van der Waals surface area (Å²) in [5.74, 6) is 0.788. The van der Waals surface area contributed by atoms with Crippen LogP contribution in [-0.4, -0.2) is 48.9 Å². The summed E-state index contributed by atoms with van der Waals surface area (Å²) in [4.78, 5) is 21.8. The highest BCUT2D eigenvalue weighted by Gasteiger charge is 2.29. The molecule has 0 aliphatic carbocycles. The topological polar surface area (TPSA) is 143 Å². The number of ether oxygens (including phenoxy) is 2. The van der Waals surface area contributed by atoms with Crippen molar-refractivity contribution in [3.05, 3.63) is 66.1 Å². The number of hydrogen-bond donors (Lipinski definition) is 1. The van der Waals surface area contributed by atoms with Gasteiger partial charge in [0.15, 0.2) is 15.7 Å². The van der Waals surface area contributed by atoms with Crippen molar-refractivity contribution in [2.45, 2.75) is 70.9 Å². The van der Waals surface area contributed by atoms with E-state index in [2.05, 4.69) is 15.3 Å². The summed E-state index contributed by atoms with van der Waals surface area (Å²) in [5.41, 5.74) is 0.620. The number of benzene rings is 2. The van der Waals surface area contributed by atoms with Gasteiger partial charge in [-0.05, 0) is 77.9 Å². The Morgan fingerprint density at radius 1 is 0.854 bits per heavy atom. The van der Waals surface area contributed by atoms with Gasteiger partial charge in [-0.3, -0.25) is 14.3 Å². The summed E-state index contributed by atoms with van der Waals surface area (Å²) < 4.78 is 59.4. The number of carbonyl (C=O) groups excluding carboxylic acids is 1. The number of nitrogens with one attached hydrogen (secondary N) is 1. The lowest BCUT2D eigenvalue weighted by atomic mass is 10.2. The first-order chi connectivity index (χ1) is 19.1. The molecular formula is C28H36N3O8PS. The van der Waals surface area contributed by atoms with Crippen LogP contribution in [0.15, 0.2) is 59.8 Å². The van der Waals surface area contributed by atoms with Gasteiger partial charge in [-0.25, -0.2) is 13.4 Å². The van der Waals surface area contributed by atoms with Crippen LogP contribution in [0.4, 0.5) is 5.82 Å². The summed E-state index contributed by atoms with van der Waals surface area (Å²) >= 11 is 0. The molecule has 0 spiro atoms. The predicted molar refractivity (Wildman–Crippen MR) is 156 cm³/mol. The Labute approximate surface area is 241 Å². The van der Waals surface area contributed by atoms with Crippen molar-refractivity contribution in [2.24, 2.45) is 0 Å². The number of anilines is 1. The van der Waals surface area contributed by atoms with Gasteiger partial charge >= 0.3 is 7.60 Å². The summed E-state index contributed by atoms with van der Waals surface area (Å²) in [6.07, 6.45) is 3.05. The largest absolute Gasteiger partial charge is 0.491 e. The van der Waals surface area contributed by atoms with E-state index in [1.165, 1.54) is 42.7 Å². The normalized spacial score (nSPS) is 12.1. The van der Waals surface area contributed by atoms with E-state index in [0.717, 1.165) is 6.26 Å². The molecule has 222 valence electrons. The third-order valence-corrected chi connectivity index (χ3v) is 8.37. The molecule has 1 N–H and O–H groups in total. The van der Waals surface area contributed by atoms with Gasteiger partial charge < -0.3 is 23.8 Å². The molecule has 0 radical (unpaired) electrons. The quantitative estimate of drug-likeness (QED) is 0.222. The molecule has 13 heteroatoms. The zero-order valence-electron chi connectivity index (χ0n) is 24.2. The molecule has 0 saturated carbocycles. The maximum Gasteiger partial charge on any atom is 0.337 e. The van der Waals surface area contributed by atoms with Crippen molar-refractivity contribution in [3.8, 4) is 17.2 Å². The van der Waals surface area contributed by atoms with E-state index in [0.29, 0.717) is 22.9 Å². The molecule has 0 atom stereocenters. The van der Waals surface area contributed by atoms with E-state index in [9.17, 15) is 17.8 Å². The SMILES string of the molecule is CC(C)Oc1cc(Oc2ccc(S(C)(=O)=O)cc2)cc(C(=O)Nc2cnc(CP(=O)(OC(C)C)OC(C)C)cn2)c1. The fourth-order valence-electron chi connectivity index (χ4n) is 3.62. The molecule has 0 aliphatic rings. The van der Waals surface area contributed by atoms with Crippen molar-refractivity contribution in [1.82, 2.24) is 9.97 Å². The van der Waals surface area contributed by atoms with E-state index in [1.807, 2.05) is 13.8 Å². The Hall–Kier alpha value is -3.31. The predicted octanol–water partition coefficient (Wildman–Crippen LogP) is 6.26. The van der Waals surface area contributed by atoms with Crippen LogP contribution in [0.25, 0.3) is 0 Å². The van der Waals surface area contributed by atoms with Crippen LogP contribution in [0, 0.1) is 0 Å². The summed E-state index contributed by atoms with van der Waals surface area (Å²) in [6.45, 7) is 10.8. The van der Waals surface area contributed by atoms with Crippen molar-refractivity contribution in [2.75, 3.05) is 11.6 Å². The second-order valence-corrected chi connectivity index (χ2v) is 14.1. The van der Waals surface area contributed by atoms with Gasteiger partial charge in [0.05, 0.1) is 47.5 Å². The third kappa shape index (κ3) is 10.2. The minimum Gasteiger partial charge on any atom is -0.491 e. The maximum atomic E-state index is 13.2. The number of nitrogens with zero attached hydrogens (tertiary/aromatic N) is 2. The first-order valence-electron chi connectivity index (χ1n) is 13.0. The van der Waals surface area contributed by atoms with E-state index < -0.39 is 23.3 Å². The monoisotopic (exact) mass is 605 g/mol. The standard InChI is InChI=1S/C28H36N3O8PS/c1-18(2)36-24-12-21(13-25(14-24)37-23-8-10-26(11-9-23)41(7,34)35)28(32)31-27-16-29-22(15-30-27)17-40(33,38-19(3)4)39-20(5)6/h8-16,18-20H,17H2,1-7H3,(H,30,31,32). The van der Waals surface area contributed by atoms with Crippen LogP contribution in [0.1, 0.15) is 57.6 Å². The van der Waals surface area contributed by atoms with Crippen molar-refractivity contribution < 1.29 is 36.3 Å². The lowest BCUT2D eigenvalue weighted by molar-refractivity contribution is 0.102. The fourth-order valence-corrected chi connectivity index (χ4v) is 6.30. The molecule has 2 aromatic carbocycles. The van der Waals surface area contributed by atoms with Crippen molar-refractivity contribution in [1.29, 1.82) is 0 Å². The second kappa shape index (κ2) is 13.6. The maximum absolute atomic E-state index is 13.2. The van der Waals surface area contributed by atoms with Crippen LogP contribution in [0.2, 0.25) is 0 Å². The van der Waals surface area contributed by atoms with Gasteiger partial charge in [0.1, 0.15) is 17.2 Å². The van der Waals surface area contributed by atoms with Crippen molar-refractivity contribution in [3.63, 3.8) is 0 Å². The van der Waals surface area contributed by atoms with Gasteiger partial charge in [-0.2, -0.15) is 0 Å². The Bertz CT molecular complexity index is 1480. The van der Waals surface area contributed by atoms with Gasteiger partial charge in [-0.1, -0.05) is 0 Å². The Kier molecular flexibility index (Phi) is 10.7. The average Bonchev–Trinajstić information content (AvgIpc) is 2.83. The molecule has 0 saturated heterocycles. The first-order valence-corrected chi connectivity index (χ1v) is 16.6. The van der Waals surface area contributed by atoms with E-state index in [1.54, 1.807) is 39.8 Å². The molecular weight excluding hydrogens is 569 g/mol. The number of carbonyl (C=O) groups is 1. The summed E-state index contributed by atoms with van der Waals surface area (Å²) in [5, 5.41) is 2.69. The average molecular weight is 606 g/mol. The number of aromatic nitrogens is 2. The summed E-state index contributed by atoms with van der Waals surface area (Å²) in [6, 6.07) is 10.7. The lowest BCUT2D eigenvalue weighted by Gasteiger charge is -2.22. The highest BCUT2D eigenvalue weighted by atomic mass is 32.2. The van der Waals surface area contributed by atoms with Gasteiger partial charge in [0.25, 0.3) is 5.91 Å². The second-order valence-electron chi connectivity index (χ2n) is 10.1. The van der Waals surface area contributed by atoms with Crippen LogP contribution in [-0.2, 0) is 29.6 Å². The molecule has 0 unspecified atom stereocenters. The Morgan fingerprint density at radius 2 is 1.46 bits per heavy atom. The molecule has 1 aromatic heterocycles. The minimum absolute atomic E-state index is 0.0644. The molecule has 0 fully saturated rings. The Balaban J connectivity index is 1.78. The zero-order chi connectivity index (χ0) is 30.4. The Morgan fingerprint density at radius 3 is 1.98 bits per heavy atom. The number of rotatable bonds is 13. The lowest BCUT2D eigenvalue weighted by Crippen LogP contribution is -2.15. The van der Waals surface area contributed by atoms with E-state index >= 15 is 0 Å². The van der Waals surface area contributed by atoms with Crippen LogP contribution in [0.3, 0.4) is 0 Å². The molecule has 1 amide bonds. The molecule has 3 rings (SSSR count). The first kappa shape index (κ1) is 32.2. The number of hydrogen-bond acceptors (Lipinski definition) is 10. The molecule has 3 aromatic rings. The summed E-state index contributed by atoms with van der Waals surface area (Å²) in [7, 11) is -6.80.